The fraction of sp³-hybridized carbons (Fsp3) is 0.462. The van der Waals surface area contributed by atoms with Crippen LogP contribution in [0.5, 0.6) is 0 Å². The van der Waals surface area contributed by atoms with Gasteiger partial charge in [-0.2, -0.15) is 13.2 Å². The van der Waals surface area contributed by atoms with Gasteiger partial charge in [0, 0.05) is 11.7 Å². The standard InChI is InChI=1S/C13H17F3N2S/c1-3-4-9(2)17-12(19)18-11-7-5-10(6-8-11)13(14,15)16/h5-9H,3-4H2,1-2H3,(H2,17,18,19)/t9-/m0/s1. The summed E-state index contributed by atoms with van der Waals surface area (Å²) in [5, 5.41) is 6.35. The van der Waals surface area contributed by atoms with Crippen LogP contribution in [-0.2, 0) is 6.18 Å². The zero-order valence-electron chi connectivity index (χ0n) is 10.8. The van der Waals surface area contributed by atoms with Crippen LogP contribution in [0.4, 0.5) is 18.9 Å². The van der Waals surface area contributed by atoms with Crippen molar-refractivity contribution in [1.82, 2.24) is 5.32 Å². The van der Waals surface area contributed by atoms with Crippen molar-refractivity contribution in [2.45, 2.75) is 38.9 Å². The zero-order chi connectivity index (χ0) is 14.5. The van der Waals surface area contributed by atoms with Crippen LogP contribution in [0, 0.1) is 0 Å². The van der Waals surface area contributed by atoms with Crippen molar-refractivity contribution in [1.29, 1.82) is 0 Å². The largest absolute Gasteiger partial charge is 0.416 e. The minimum Gasteiger partial charge on any atom is -0.360 e. The zero-order valence-corrected chi connectivity index (χ0v) is 11.7. The van der Waals surface area contributed by atoms with E-state index in [2.05, 4.69) is 17.6 Å². The van der Waals surface area contributed by atoms with Crippen LogP contribution in [0.15, 0.2) is 24.3 Å². The quantitative estimate of drug-likeness (QED) is 0.813. The van der Waals surface area contributed by atoms with Gasteiger partial charge in [0.2, 0.25) is 0 Å². The Bertz CT molecular complexity index is 415. The lowest BCUT2D eigenvalue weighted by Crippen LogP contribution is -2.35. The Labute approximate surface area is 116 Å². The molecule has 0 aliphatic rings. The molecule has 2 N–H and O–H groups in total. The molecule has 0 aromatic heterocycles. The summed E-state index contributed by atoms with van der Waals surface area (Å²) in [5.74, 6) is 0. The summed E-state index contributed by atoms with van der Waals surface area (Å²) < 4.78 is 37.1. The normalized spacial score (nSPS) is 12.9. The van der Waals surface area contributed by atoms with E-state index >= 15 is 0 Å². The lowest BCUT2D eigenvalue weighted by molar-refractivity contribution is -0.137. The molecule has 0 unspecified atom stereocenters. The average molecular weight is 290 g/mol. The van der Waals surface area contributed by atoms with Gasteiger partial charge < -0.3 is 10.6 Å². The number of anilines is 1. The lowest BCUT2D eigenvalue weighted by atomic mass is 10.2. The Hall–Kier alpha value is -1.30. The van der Waals surface area contributed by atoms with Crippen LogP contribution in [0.3, 0.4) is 0 Å². The average Bonchev–Trinajstić information content (AvgIpc) is 2.28. The van der Waals surface area contributed by atoms with E-state index in [-0.39, 0.29) is 6.04 Å². The fourth-order valence-electron chi connectivity index (χ4n) is 1.64. The summed E-state index contributed by atoms with van der Waals surface area (Å²) in [5.41, 5.74) is -0.134. The molecule has 1 atom stereocenters. The Morgan fingerprint density at radius 2 is 1.84 bits per heavy atom. The maximum atomic E-state index is 12.4. The summed E-state index contributed by atoms with van der Waals surface area (Å²) >= 11 is 5.09. The highest BCUT2D eigenvalue weighted by molar-refractivity contribution is 7.80. The smallest absolute Gasteiger partial charge is 0.360 e. The summed E-state index contributed by atoms with van der Waals surface area (Å²) in [4.78, 5) is 0. The number of alkyl halides is 3. The molecule has 106 valence electrons. The predicted molar refractivity (Wildman–Crippen MR) is 75.2 cm³/mol. The molecule has 1 aromatic rings. The van der Waals surface area contributed by atoms with Gasteiger partial charge in [-0.25, -0.2) is 0 Å². The van der Waals surface area contributed by atoms with Crippen molar-refractivity contribution < 1.29 is 13.2 Å². The molecule has 0 aliphatic carbocycles. The van der Waals surface area contributed by atoms with Gasteiger partial charge in [0.25, 0.3) is 0 Å². The molecule has 1 rings (SSSR count). The van der Waals surface area contributed by atoms with E-state index in [1.807, 2.05) is 6.92 Å². The SMILES string of the molecule is CCC[C@H](C)NC(=S)Nc1ccc(C(F)(F)F)cc1. The van der Waals surface area contributed by atoms with Gasteiger partial charge in [-0.05, 0) is 49.8 Å². The molecule has 0 bridgehead atoms. The van der Waals surface area contributed by atoms with Crippen LogP contribution < -0.4 is 10.6 Å². The van der Waals surface area contributed by atoms with Crippen molar-refractivity contribution >= 4 is 23.0 Å². The Morgan fingerprint density at radius 3 is 2.32 bits per heavy atom. The number of rotatable bonds is 4. The molecule has 0 saturated carbocycles. The molecule has 0 spiro atoms. The van der Waals surface area contributed by atoms with E-state index in [9.17, 15) is 13.2 Å². The van der Waals surface area contributed by atoms with Gasteiger partial charge >= 0.3 is 6.18 Å². The van der Waals surface area contributed by atoms with Gasteiger partial charge in [0.15, 0.2) is 5.11 Å². The highest BCUT2D eigenvalue weighted by Gasteiger charge is 2.29. The third kappa shape index (κ3) is 5.46. The molecule has 0 aliphatic heterocycles. The van der Waals surface area contributed by atoms with Crippen LogP contribution in [0.2, 0.25) is 0 Å². The molecule has 0 saturated heterocycles. The maximum Gasteiger partial charge on any atom is 0.416 e. The topological polar surface area (TPSA) is 24.1 Å². The van der Waals surface area contributed by atoms with Gasteiger partial charge in [-0.15, -0.1) is 0 Å². The molecular weight excluding hydrogens is 273 g/mol. The van der Waals surface area contributed by atoms with Crippen LogP contribution >= 0.6 is 12.2 Å². The number of halogens is 3. The first-order chi connectivity index (χ1) is 8.82. The van der Waals surface area contributed by atoms with Crippen LogP contribution in [0.1, 0.15) is 32.3 Å². The van der Waals surface area contributed by atoms with E-state index in [0.29, 0.717) is 10.8 Å². The van der Waals surface area contributed by atoms with E-state index in [1.54, 1.807) is 0 Å². The Balaban J connectivity index is 2.56. The first-order valence-corrected chi connectivity index (χ1v) is 6.48. The van der Waals surface area contributed by atoms with Crippen molar-refractivity contribution in [3.05, 3.63) is 29.8 Å². The first kappa shape index (κ1) is 15.8. The number of hydrogen-bond donors (Lipinski definition) is 2. The molecule has 0 amide bonds. The summed E-state index contributed by atoms with van der Waals surface area (Å²) in [7, 11) is 0. The second kappa shape index (κ2) is 6.75. The minimum absolute atomic E-state index is 0.236. The predicted octanol–water partition coefficient (Wildman–Crippen LogP) is 4.18. The number of hydrogen-bond acceptors (Lipinski definition) is 1. The monoisotopic (exact) mass is 290 g/mol. The molecule has 0 heterocycles. The maximum absolute atomic E-state index is 12.4. The Morgan fingerprint density at radius 1 is 1.26 bits per heavy atom. The third-order valence-electron chi connectivity index (χ3n) is 2.57. The number of thiocarbonyl (C=S) groups is 1. The first-order valence-electron chi connectivity index (χ1n) is 6.07. The van der Waals surface area contributed by atoms with Crippen molar-refractivity contribution in [3.63, 3.8) is 0 Å². The lowest BCUT2D eigenvalue weighted by Gasteiger charge is -2.16. The van der Waals surface area contributed by atoms with E-state index in [0.717, 1.165) is 25.0 Å². The summed E-state index contributed by atoms with van der Waals surface area (Å²) in [6, 6.07) is 5.02. The van der Waals surface area contributed by atoms with Gasteiger partial charge in [0.1, 0.15) is 0 Å². The van der Waals surface area contributed by atoms with Crippen molar-refractivity contribution in [2.75, 3.05) is 5.32 Å². The molecule has 1 aromatic carbocycles. The summed E-state index contributed by atoms with van der Waals surface area (Å²) in [6.45, 7) is 4.08. The molecule has 0 fully saturated rings. The van der Waals surface area contributed by atoms with Gasteiger partial charge in [-0.1, -0.05) is 13.3 Å². The second-order valence-corrected chi connectivity index (χ2v) is 4.77. The van der Waals surface area contributed by atoms with Crippen LogP contribution in [-0.4, -0.2) is 11.2 Å². The molecule has 6 heteroatoms. The third-order valence-corrected chi connectivity index (χ3v) is 2.79. The highest BCUT2D eigenvalue weighted by atomic mass is 32.1. The molecule has 19 heavy (non-hydrogen) atoms. The molecule has 2 nitrogen and oxygen atoms in total. The van der Waals surface area contributed by atoms with E-state index < -0.39 is 11.7 Å². The second-order valence-electron chi connectivity index (χ2n) is 4.36. The fourth-order valence-corrected chi connectivity index (χ4v) is 1.96. The Kier molecular flexibility index (Phi) is 5.60. The van der Waals surface area contributed by atoms with Crippen molar-refractivity contribution in [2.24, 2.45) is 0 Å². The number of nitrogens with one attached hydrogen (secondary N) is 2. The number of benzene rings is 1. The van der Waals surface area contributed by atoms with Crippen LogP contribution in [0.25, 0.3) is 0 Å². The van der Waals surface area contributed by atoms with Gasteiger partial charge in [0.05, 0.1) is 5.56 Å². The highest BCUT2D eigenvalue weighted by Crippen LogP contribution is 2.29. The molecular formula is C13H17F3N2S. The van der Waals surface area contributed by atoms with Crippen molar-refractivity contribution in [3.8, 4) is 0 Å². The van der Waals surface area contributed by atoms with E-state index in [4.69, 9.17) is 12.2 Å². The van der Waals surface area contributed by atoms with E-state index in [1.165, 1.54) is 12.1 Å². The molecule has 0 radical (unpaired) electrons. The minimum atomic E-state index is -4.31. The van der Waals surface area contributed by atoms with Gasteiger partial charge in [-0.3, -0.25) is 0 Å². The summed E-state index contributed by atoms with van der Waals surface area (Å²) in [6.07, 6.45) is -2.29.